The maximum absolute atomic E-state index is 11.8. The summed E-state index contributed by atoms with van der Waals surface area (Å²) in [5, 5.41) is 12.6. The summed E-state index contributed by atoms with van der Waals surface area (Å²) in [5.74, 6) is 0.819. The van der Waals surface area contributed by atoms with E-state index in [0.717, 1.165) is 12.8 Å². The summed E-state index contributed by atoms with van der Waals surface area (Å²) in [5.41, 5.74) is -0.0203. The van der Waals surface area contributed by atoms with Crippen LogP contribution in [0.3, 0.4) is 0 Å². The number of amides is 1. The molecular formula is C14H25NO2. The van der Waals surface area contributed by atoms with E-state index in [0.29, 0.717) is 18.9 Å². The van der Waals surface area contributed by atoms with Gasteiger partial charge in [0.05, 0.1) is 6.61 Å². The van der Waals surface area contributed by atoms with E-state index >= 15 is 0 Å². The molecule has 2 aliphatic carbocycles. The molecule has 1 amide bonds. The van der Waals surface area contributed by atoms with E-state index < -0.39 is 0 Å². The summed E-state index contributed by atoms with van der Waals surface area (Å²) >= 11 is 0. The third kappa shape index (κ3) is 3.44. The van der Waals surface area contributed by atoms with Gasteiger partial charge in [0.15, 0.2) is 0 Å². The van der Waals surface area contributed by atoms with Crippen molar-refractivity contribution in [1.29, 1.82) is 0 Å². The van der Waals surface area contributed by atoms with E-state index in [1.54, 1.807) is 0 Å². The van der Waals surface area contributed by atoms with Crippen LogP contribution >= 0.6 is 0 Å². The first-order chi connectivity index (χ1) is 8.24. The van der Waals surface area contributed by atoms with Gasteiger partial charge in [0, 0.05) is 18.4 Å². The van der Waals surface area contributed by atoms with Crippen LogP contribution in [0.1, 0.15) is 57.8 Å². The largest absolute Gasteiger partial charge is 0.396 e. The fourth-order valence-corrected chi connectivity index (χ4v) is 3.01. The summed E-state index contributed by atoms with van der Waals surface area (Å²) in [6.45, 7) is 0.895. The maximum Gasteiger partial charge on any atom is 0.220 e. The quantitative estimate of drug-likeness (QED) is 0.773. The minimum absolute atomic E-state index is 0.0203. The van der Waals surface area contributed by atoms with Crippen molar-refractivity contribution in [3.8, 4) is 0 Å². The third-order valence-electron chi connectivity index (χ3n) is 4.61. The number of nitrogens with one attached hydrogen (secondary N) is 1. The SMILES string of the molecule is O=C(CC1CCC1)NCC1(CO)CCCCC1. The van der Waals surface area contributed by atoms with Crippen molar-refractivity contribution in [2.24, 2.45) is 11.3 Å². The molecule has 0 saturated heterocycles. The molecule has 3 heteroatoms. The Hall–Kier alpha value is -0.570. The van der Waals surface area contributed by atoms with Gasteiger partial charge in [-0.05, 0) is 31.6 Å². The molecule has 0 radical (unpaired) electrons. The number of hydrogen-bond donors (Lipinski definition) is 2. The van der Waals surface area contributed by atoms with Gasteiger partial charge in [-0.1, -0.05) is 25.7 Å². The van der Waals surface area contributed by atoms with Crippen LogP contribution < -0.4 is 5.32 Å². The van der Waals surface area contributed by atoms with Crippen molar-refractivity contribution in [2.75, 3.05) is 13.2 Å². The summed E-state index contributed by atoms with van der Waals surface area (Å²) in [4.78, 5) is 11.8. The van der Waals surface area contributed by atoms with Gasteiger partial charge in [-0.2, -0.15) is 0 Å². The minimum atomic E-state index is -0.0203. The van der Waals surface area contributed by atoms with Crippen molar-refractivity contribution < 1.29 is 9.90 Å². The Balaban J connectivity index is 1.72. The second-order valence-electron chi connectivity index (χ2n) is 6.00. The van der Waals surface area contributed by atoms with Crippen molar-refractivity contribution in [3.63, 3.8) is 0 Å². The molecule has 0 aromatic heterocycles. The lowest BCUT2D eigenvalue weighted by atomic mass is 9.74. The smallest absolute Gasteiger partial charge is 0.220 e. The van der Waals surface area contributed by atoms with Gasteiger partial charge in [-0.3, -0.25) is 4.79 Å². The van der Waals surface area contributed by atoms with Gasteiger partial charge in [0.1, 0.15) is 0 Å². The van der Waals surface area contributed by atoms with Crippen LogP contribution in [-0.4, -0.2) is 24.2 Å². The standard InChI is InChI=1S/C14H25NO2/c16-11-14(7-2-1-3-8-14)10-15-13(17)9-12-5-4-6-12/h12,16H,1-11H2,(H,15,17). The second kappa shape index (κ2) is 5.85. The molecule has 0 bridgehead atoms. The van der Waals surface area contributed by atoms with E-state index in [4.69, 9.17) is 0 Å². The number of carbonyl (C=O) groups excluding carboxylic acids is 1. The second-order valence-corrected chi connectivity index (χ2v) is 6.00. The lowest BCUT2D eigenvalue weighted by Crippen LogP contribution is -2.42. The van der Waals surface area contributed by atoms with Crippen LogP contribution in [0, 0.1) is 11.3 Å². The zero-order valence-corrected chi connectivity index (χ0v) is 10.7. The molecule has 0 atom stereocenters. The van der Waals surface area contributed by atoms with Crippen LogP contribution in [0.15, 0.2) is 0 Å². The fraction of sp³-hybridized carbons (Fsp3) is 0.929. The van der Waals surface area contributed by atoms with Crippen LogP contribution in [0.2, 0.25) is 0 Å². The van der Waals surface area contributed by atoms with Gasteiger partial charge < -0.3 is 10.4 Å². The highest BCUT2D eigenvalue weighted by Gasteiger charge is 2.32. The minimum Gasteiger partial charge on any atom is -0.396 e. The van der Waals surface area contributed by atoms with Gasteiger partial charge >= 0.3 is 0 Å². The van der Waals surface area contributed by atoms with Crippen molar-refractivity contribution in [1.82, 2.24) is 5.32 Å². The predicted octanol–water partition coefficient (Wildman–Crippen LogP) is 2.24. The number of carbonyl (C=O) groups is 1. The molecule has 0 aromatic carbocycles. The first-order valence-corrected chi connectivity index (χ1v) is 7.12. The lowest BCUT2D eigenvalue weighted by molar-refractivity contribution is -0.123. The van der Waals surface area contributed by atoms with Crippen LogP contribution in [0.4, 0.5) is 0 Å². The van der Waals surface area contributed by atoms with Gasteiger partial charge in [-0.25, -0.2) is 0 Å². The zero-order chi connectivity index (χ0) is 12.1. The molecule has 2 N–H and O–H groups in total. The zero-order valence-electron chi connectivity index (χ0n) is 10.7. The van der Waals surface area contributed by atoms with Gasteiger partial charge in [0.25, 0.3) is 0 Å². The van der Waals surface area contributed by atoms with E-state index in [9.17, 15) is 9.90 Å². The highest BCUT2D eigenvalue weighted by atomic mass is 16.3. The molecule has 0 heterocycles. The number of hydrogen-bond acceptors (Lipinski definition) is 2. The van der Waals surface area contributed by atoms with E-state index in [1.807, 2.05) is 0 Å². The van der Waals surface area contributed by atoms with E-state index in [-0.39, 0.29) is 17.9 Å². The highest BCUT2D eigenvalue weighted by molar-refractivity contribution is 5.76. The van der Waals surface area contributed by atoms with Crippen molar-refractivity contribution in [2.45, 2.75) is 57.8 Å². The maximum atomic E-state index is 11.8. The molecule has 0 unspecified atom stereocenters. The number of aliphatic hydroxyl groups excluding tert-OH is 1. The Labute approximate surface area is 104 Å². The highest BCUT2D eigenvalue weighted by Crippen LogP contribution is 2.35. The summed E-state index contributed by atoms with van der Waals surface area (Å²) in [6.07, 6.45) is 10.2. The molecule has 0 aliphatic heterocycles. The van der Waals surface area contributed by atoms with Gasteiger partial charge in [0.2, 0.25) is 5.91 Å². The average molecular weight is 239 g/mol. The normalized spacial score (nSPS) is 24.1. The Morgan fingerprint density at radius 1 is 1.18 bits per heavy atom. The van der Waals surface area contributed by atoms with Crippen LogP contribution in [0.5, 0.6) is 0 Å². The molecule has 0 aromatic rings. The molecule has 3 nitrogen and oxygen atoms in total. The first kappa shape index (κ1) is 12.9. The molecular weight excluding hydrogens is 214 g/mol. The fourth-order valence-electron chi connectivity index (χ4n) is 3.01. The first-order valence-electron chi connectivity index (χ1n) is 7.12. The van der Waals surface area contributed by atoms with Crippen molar-refractivity contribution in [3.05, 3.63) is 0 Å². The predicted molar refractivity (Wildman–Crippen MR) is 67.6 cm³/mol. The summed E-state index contributed by atoms with van der Waals surface area (Å²) in [6, 6.07) is 0. The van der Waals surface area contributed by atoms with Crippen molar-refractivity contribution >= 4 is 5.91 Å². The third-order valence-corrected chi connectivity index (χ3v) is 4.61. The topological polar surface area (TPSA) is 49.3 Å². The Kier molecular flexibility index (Phi) is 4.43. The summed E-state index contributed by atoms with van der Waals surface area (Å²) < 4.78 is 0. The molecule has 17 heavy (non-hydrogen) atoms. The molecule has 2 fully saturated rings. The number of aliphatic hydroxyl groups is 1. The molecule has 0 spiro atoms. The molecule has 2 rings (SSSR count). The Morgan fingerprint density at radius 2 is 1.88 bits per heavy atom. The number of rotatable bonds is 5. The molecule has 2 aliphatic rings. The summed E-state index contributed by atoms with van der Waals surface area (Å²) in [7, 11) is 0. The van der Waals surface area contributed by atoms with Gasteiger partial charge in [-0.15, -0.1) is 0 Å². The average Bonchev–Trinajstić information content (AvgIpc) is 2.32. The Morgan fingerprint density at radius 3 is 2.41 bits per heavy atom. The molecule has 98 valence electrons. The molecule has 2 saturated carbocycles. The van der Waals surface area contributed by atoms with Crippen LogP contribution in [-0.2, 0) is 4.79 Å². The van der Waals surface area contributed by atoms with E-state index in [2.05, 4.69) is 5.32 Å². The monoisotopic (exact) mass is 239 g/mol. The van der Waals surface area contributed by atoms with E-state index in [1.165, 1.54) is 38.5 Å². The lowest BCUT2D eigenvalue weighted by Gasteiger charge is -2.36. The van der Waals surface area contributed by atoms with Crippen LogP contribution in [0.25, 0.3) is 0 Å². The Bertz CT molecular complexity index is 255.